The predicted octanol–water partition coefficient (Wildman–Crippen LogP) is 0.483. The number of hydrogen-bond acceptors (Lipinski definition) is 11. The van der Waals surface area contributed by atoms with Crippen molar-refractivity contribution in [2.75, 3.05) is 45.1 Å². The summed E-state index contributed by atoms with van der Waals surface area (Å²) in [5.41, 5.74) is 6.80. The molecule has 3 N–H and O–H groups in total. The fraction of sp³-hybridized carbons (Fsp3) is 0.391. The Hall–Kier alpha value is -3.95. The van der Waals surface area contributed by atoms with Gasteiger partial charge in [0.15, 0.2) is 5.52 Å². The Morgan fingerprint density at radius 3 is 2.42 bits per heavy atom. The van der Waals surface area contributed by atoms with Gasteiger partial charge >= 0.3 is 0 Å². The van der Waals surface area contributed by atoms with Gasteiger partial charge in [-0.1, -0.05) is 6.92 Å². The molecule has 4 aromatic heterocycles. The second kappa shape index (κ2) is 10.1. The summed E-state index contributed by atoms with van der Waals surface area (Å²) in [6.07, 6.45) is 4.30. The van der Waals surface area contributed by atoms with Gasteiger partial charge in [-0.15, -0.1) is 0 Å². The summed E-state index contributed by atoms with van der Waals surface area (Å²) in [5, 5.41) is 4.31. The lowest BCUT2D eigenvalue weighted by molar-refractivity contribution is 0.196. The number of pyridine rings is 1. The van der Waals surface area contributed by atoms with Crippen LogP contribution in [-0.4, -0.2) is 91.7 Å². The van der Waals surface area contributed by atoms with Crippen molar-refractivity contribution in [3.63, 3.8) is 0 Å². The second-order valence-electron chi connectivity index (χ2n) is 8.71. The summed E-state index contributed by atoms with van der Waals surface area (Å²) >= 11 is 0. The molecule has 0 aromatic carbocycles. The van der Waals surface area contributed by atoms with Crippen molar-refractivity contribution in [2.45, 2.75) is 18.7 Å². The number of nitrogen functional groups attached to an aromatic ring is 1. The minimum Gasteiger partial charge on any atom is -0.477 e. The van der Waals surface area contributed by atoms with Crippen LogP contribution in [0.4, 0.5) is 5.95 Å². The highest BCUT2D eigenvalue weighted by Gasteiger charge is 2.30. The minimum absolute atomic E-state index is 0.0120. The number of nitrogens with one attached hydrogen (secondary N) is 1. The maximum absolute atomic E-state index is 13.5. The monoisotopic (exact) mass is 540 g/mol. The van der Waals surface area contributed by atoms with Gasteiger partial charge in [-0.25, -0.2) is 28.4 Å². The fourth-order valence-corrected chi connectivity index (χ4v) is 5.82. The van der Waals surface area contributed by atoms with Crippen molar-refractivity contribution in [3.8, 4) is 28.5 Å². The average molecular weight is 541 g/mol. The van der Waals surface area contributed by atoms with Crippen LogP contribution in [0.15, 0.2) is 34.3 Å². The van der Waals surface area contributed by atoms with Crippen LogP contribution in [0.25, 0.3) is 33.7 Å². The zero-order valence-electron chi connectivity index (χ0n) is 21.2. The zero-order chi connectivity index (χ0) is 27.0. The number of aromatic amines is 1. The third kappa shape index (κ3) is 4.59. The maximum atomic E-state index is 13.5. The van der Waals surface area contributed by atoms with Crippen LogP contribution >= 0.6 is 0 Å². The lowest BCUT2D eigenvalue weighted by atomic mass is 10.2. The molecule has 5 rings (SSSR count). The molecule has 14 nitrogen and oxygen atoms in total. The molecule has 0 atom stereocenters. The molecule has 1 saturated heterocycles. The van der Waals surface area contributed by atoms with Gasteiger partial charge in [-0.2, -0.15) is 9.40 Å². The van der Waals surface area contributed by atoms with Crippen LogP contribution in [0.1, 0.15) is 13.8 Å². The molecule has 0 unspecified atom stereocenters. The highest BCUT2D eigenvalue weighted by Crippen LogP contribution is 2.31. The number of hydrogen-bond donors (Lipinski definition) is 2. The standard InChI is InChI=1S/C23H28N10O4S/c1-4-32-6-8-33(9-7-32)38(35,36)15-10-16(22(25-13-15)37-5-2)20-28-17-18(21(34)29-20)30-31(3)19(17)14-11-26-23(24)27-12-14/h10-13H,4-9H2,1-3H3,(H2,24,26,27)(H,28,29,34). The van der Waals surface area contributed by atoms with Crippen LogP contribution in [0, 0.1) is 0 Å². The number of nitrogens with two attached hydrogens (primary N) is 1. The fourth-order valence-electron chi connectivity index (χ4n) is 4.42. The van der Waals surface area contributed by atoms with Gasteiger partial charge in [0, 0.05) is 51.2 Å². The van der Waals surface area contributed by atoms with E-state index < -0.39 is 15.6 Å². The van der Waals surface area contributed by atoms with Gasteiger partial charge in [0.25, 0.3) is 5.56 Å². The Morgan fingerprint density at radius 1 is 1.05 bits per heavy atom. The number of anilines is 1. The molecule has 200 valence electrons. The van der Waals surface area contributed by atoms with E-state index in [1.807, 2.05) is 6.92 Å². The molecule has 15 heteroatoms. The van der Waals surface area contributed by atoms with Crippen LogP contribution in [0.3, 0.4) is 0 Å². The van der Waals surface area contributed by atoms with E-state index in [1.165, 1.54) is 33.6 Å². The third-order valence-corrected chi connectivity index (χ3v) is 8.28. The molecular formula is C23H28N10O4S. The Bertz CT molecular complexity index is 1640. The largest absolute Gasteiger partial charge is 0.477 e. The average Bonchev–Trinajstić information content (AvgIpc) is 3.26. The Balaban J connectivity index is 1.64. The van der Waals surface area contributed by atoms with E-state index >= 15 is 0 Å². The zero-order valence-corrected chi connectivity index (χ0v) is 22.1. The van der Waals surface area contributed by atoms with Crippen LogP contribution in [0.2, 0.25) is 0 Å². The van der Waals surface area contributed by atoms with Crippen molar-refractivity contribution in [2.24, 2.45) is 7.05 Å². The van der Waals surface area contributed by atoms with Gasteiger partial charge in [-0.3, -0.25) is 9.48 Å². The molecule has 0 amide bonds. The van der Waals surface area contributed by atoms with Crippen LogP contribution < -0.4 is 16.0 Å². The van der Waals surface area contributed by atoms with E-state index in [0.717, 1.165) is 6.54 Å². The van der Waals surface area contributed by atoms with Crippen molar-refractivity contribution in [1.82, 2.24) is 43.9 Å². The number of aryl methyl sites for hydroxylation is 1. The van der Waals surface area contributed by atoms with Crippen LogP contribution in [0.5, 0.6) is 5.88 Å². The first-order valence-electron chi connectivity index (χ1n) is 12.1. The summed E-state index contributed by atoms with van der Waals surface area (Å²) < 4.78 is 35.6. The van der Waals surface area contributed by atoms with E-state index in [4.69, 9.17) is 10.5 Å². The first kappa shape index (κ1) is 25.7. The van der Waals surface area contributed by atoms with E-state index in [0.29, 0.717) is 37.4 Å². The number of fused-ring (bicyclic) bond motifs is 1. The van der Waals surface area contributed by atoms with E-state index in [-0.39, 0.29) is 45.8 Å². The molecule has 0 aliphatic carbocycles. The number of likely N-dealkylation sites (N-methyl/N-ethyl adjacent to an activating group) is 1. The number of nitrogens with zero attached hydrogens (tertiary/aromatic N) is 8. The van der Waals surface area contributed by atoms with Crippen molar-refractivity contribution in [3.05, 3.63) is 35.0 Å². The Labute approximate surface area is 218 Å². The molecule has 1 aliphatic heterocycles. The number of piperazine rings is 1. The summed E-state index contributed by atoms with van der Waals surface area (Å²) in [6, 6.07) is 1.44. The van der Waals surface area contributed by atoms with Gasteiger partial charge in [-0.05, 0) is 19.5 Å². The molecular weight excluding hydrogens is 512 g/mol. The van der Waals surface area contributed by atoms with Crippen molar-refractivity contribution < 1.29 is 13.2 Å². The summed E-state index contributed by atoms with van der Waals surface area (Å²) in [7, 11) is -2.16. The summed E-state index contributed by atoms with van der Waals surface area (Å²) in [6.45, 7) is 7.02. The summed E-state index contributed by atoms with van der Waals surface area (Å²) in [5.74, 6) is 0.344. The molecule has 0 saturated carbocycles. The summed E-state index contributed by atoms with van der Waals surface area (Å²) in [4.78, 5) is 35.0. The van der Waals surface area contributed by atoms with Gasteiger partial charge < -0.3 is 20.4 Å². The quantitative estimate of drug-likeness (QED) is 0.333. The number of sulfonamides is 1. The Morgan fingerprint density at radius 2 is 1.76 bits per heavy atom. The normalized spacial score (nSPS) is 15.2. The first-order valence-corrected chi connectivity index (χ1v) is 13.6. The minimum atomic E-state index is -3.84. The third-order valence-electron chi connectivity index (χ3n) is 6.42. The van der Waals surface area contributed by atoms with E-state index in [2.05, 4.69) is 34.9 Å². The topological polar surface area (TPSA) is 178 Å². The molecule has 0 radical (unpaired) electrons. The molecule has 38 heavy (non-hydrogen) atoms. The molecule has 1 fully saturated rings. The molecule has 4 aromatic rings. The molecule has 5 heterocycles. The van der Waals surface area contributed by atoms with Crippen molar-refractivity contribution >= 4 is 27.0 Å². The highest BCUT2D eigenvalue weighted by atomic mass is 32.2. The number of aromatic nitrogens is 7. The Kier molecular flexibility index (Phi) is 6.81. The lowest BCUT2D eigenvalue weighted by Crippen LogP contribution is -2.48. The number of H-pyrrole nitrogens is 1. The van der Waals surface area contributed by atoms with Crippen molar-refractivity contribution in [1.29, 1.82) is 0 Å². The van der Waals surface area contributed by atoms with Crippen LogP contribution in [-0.2, 0) is 17.1 Å². The smallest absolute Gasteiger partial charge is 0.279 e. The van der Waals surface area contributed by atoms with Gasteiger partial charge in [0.1, 0.15) is 16.2 Å². The number of ether oxygens (including phenoxy) is 1. The SMILES string of the molecule is CCOc1ncc(S(=O)(=O)N2CCN(CC)CC2)cc1-c1nc2c(-c3cnc(N)nc3)n(C)nc2c(=O)[nH]1. The molecule has 1 aliphatic rings. The lowest BCUT2D eigenvalue weighted by Gasteiger charge is -2.33. The predicted molar refractivity (Wildman–Crippen MR) is 140 cm³/mol. The molecule has 0 bridgehead atoms. The highest BCUT2D eigenvalue weighted by molar-refractivity contribution is 7.89. The maximum Gasteiger partial charge on any atom is 0.279 e. The second-order valence-corrected chi connectivity index (χ2v) is 10.6. The van der Waals surface area contributed by atoms with Gasteiger partial charge in [0.2, 0.25) is 21.9 Å². The van der Waals surface area contributed by atoms with E-state index in [9.17, 15) is 13.2 Å². The van der Waals surface area contributed by atoms with Gasteiger partial charge in [0.05, 0.1) is 24.1 Å². The number of rotatable bonds is 7. The van der Waals surface area contributed by atoms with E-state index in [1.54, 1.807) is 14.0 Å². The molecule has 0 spiro atoms. The first-order chi connectivity index (χ1) is 18.2.